The second-order valence-electron chi connectivity index (χ2n) is 22.4. The van der Waals surface area contributed by atoms with E-state index in [1.165, 1.54) is 0 Å². The van der Waals surface area contributed by atoms with Crippen molar-refractivity contribution in [2.45, 2.75) is 0 Å². The molecule has 0 saturated carbocycles. The largest absolute Gasteiger partial charge is 0.274 e. The van der Waals surface area contributed by atoms with Crippen molar-refractivity contribution >= 4 is 111 Å². The van der Waals surface area contributed by atoms with Crippen LogP contribution in [0.1, 0.15) is 0 Å². The van der Waals surface area contributed by atoms with Gasteiger partial charge < -0.3 is 0 Å². The van der Waals surface area contributed by atoms with Crippen molar-refractivity contribution in [1.82, 2.24) is 0 Å². The minimum atomic E-state index is -3.63. The van der Waals surface area contributed by atoms with Crippen LogP contribution in [0.2, 0.25) is 0 Å². The Kier molecular flexibility index (Phi) is 17.1. The van der Waals surface area contributed by atoms with Crippen molar-refractivity contribution in [2.24, 2.45) is 0 Å². The molecule has 0 aromatic heterocycles. The Morgan fingerprint density at radius 1 is 0.100 bits per heavy atom. The Bertz CT molecular complexity index is 3710. The molecule has 13 rings (SSSR count). The monoisotopic (exact) mass is 1240 g/mol. The molecule has 420 valence electrons. The molecule has 0 nitrogen and oxygen atoms in total. The maximum atomic E-state index is 4.35. The fourth-order valence-corrected chi connectivity index (χ4v) is 35.5. The maximum absolute atomic E-state index is 4.35. The van der Waals surface area contributed by atoms with E-state index in [1.807, 2.05) is 0 Å². The zero-order valence-electron chi connectivity index (χ0n) is 49.6. The van der Waals surface area contributed by atoms with E-state index in [0.29, 0.717) is 0 Å². The van der Waals surface area contributed by atoms with E-state index >= 15 is 0 Å². The average Bonchev–Trinajstić information content (AvgIpc) is 0.776. The van der Waals surface area contributed by atoms with Gasteiger partial charge in [0, 0.05) is 0 Å². The van der Waals surface area contributed by atoms with E-state index in [4.69, 9.17) is 0 Å². The quantitative estimate of drug-likeness (QED) is 0.0859. The molecular formula is C84H60Si6. The number of hydrogen-bond donors (Lipinski definition) is 0. The molecule has 0 spiro atoms. The van der Waals surface area contributed by atoms with Gasteiger partial charge in [-0.25, -0.2) is 0 Å². The molecule has 12 aromatic carbocycles. The summed E-state index contributed by atoms with van der Waals surface area (Å²) >= 11 is 0. The first-order valence-electron chi connectivity index (χ1n) is 30.4. The SMILES string of the molecule is C1#C[Si](c2ccccc2)(c2ccccc2)C#C[Si](c2ccccc2)(c2ccccc2)C#C[Si](c2ccccc2)(c2ccccc2)C#C[Si](c2ccccc2)(c2ccccc2)C#C[Si](c2ccccc2)(c2ccccc2)C#C[Si]1(c1ccccc1)c1ccccc1. The Balaban J connectivity index is 1.31. The first kappa shape index (κ1) is 58.3. The molecule has 0 radical (unpaired) electrons. The summed E-state index contributed by atoms with van der Waals surface area (Å²) in [6.45, 7) is 0. The summed E-state index contributed by atoms with van der Waals surface area (Å²) in [5, 5.41) is 13.1. The van der Waals surface area contributed by atoms with E-state index in [9.17, 15) is 0 Å². The number of rotatable bonds is 12. The molecule has 12 aromatic rings. The highest BCUT2D eigenvalue weighted by atomic mass is 28.3. The average molecular weight is 1240 g/mol. The van der Waals surface area contributed by atoms with E-state index in [1.54, 1.807) is 0 Å². The van der Waals surface area contributed by atoms with E-state index in [0.717, 1.165) is 62.2 Å². The van der Waals surface area contributed by atoms with Gasteiger partial charge in [-0.2, -0.15) is 0 Å². The summed E-state index contributed by atoms with van der Waals surface area (Å²) < 4.78 is 0. The fourth-order valence-electron chi connectivity index (χ4n) is 12.3. The highest BCUT2D eigenvalue weighted by Gasteiger charge is 2.46. The predicted molar refractivity (Wildman–Crippen MR) is 394 cm³/mol. The smallest absolute Gasteiger partial charge is 0.109 e. The van der Waals surface area contributed by atoms with E-state index in [-0.39, 0.29) is 0 Å². The molecule has 0 saturated heterocycles. The minimum absolute atomic E-state index is 1.09. The molecule has 0 fully saturated rings. The van der Waals surface area contributed by atoms with Crippen molar-refractivity contribution in [3.05, 3.63) is 364 Å². The summed E-state index contributed by atoms with van der Waals surface area (Å²) in [4.78, 5) is 0. The van der Waals surface area contributed by atoms with Gasteiger partial charge in [-0.05, 0) is 62.2 Å². The zero-order valence-corrected chi connectivity index (χ0v) is 55.6. The second kappa shape index (κ2) is 26.3. The summed E-state index contributed by atoms with van der Waals surface area (Å²) in [5.41, 5.74) is 52.2. The van der Waals surface area contributed by atoms with Gasteiger partial charge in [-0.1, -0.05) is 364 Å². The topological polar surface area (TPSA) is 0 Å². The van der Waals surface area contributed by atoms with E-state index in [2.05, 4.69) is 431 Å². The molecule has 90 heavy (non-hydrogen) atoms. The molecule has 0 bridgehead atoms. The molecule has 1 aliphatic rings. The van der Waals surface area contributed by atoms with Gasteiger partial charge in [0.2, 0.25) is 0 Å². The first-order chi connectivity index (χ1) is 44.5. The van der Waals surface area contributed by atoms with Crippen LogP contribution >= 0.6 is 0 Å². The Morgan fingerprint density at radius 3 is 0.233 bits per heavy atom. The van der Waals surface area contributed by atoms with Crippen LogP contribution in [0.3, 0.4) is 0 Å². The van der Waals surface area contributed by atoms with Crippen LogP contribution in [0.15, 0.2) is 364 Å². The Morgan fingerprint density at radius 2 is 0.167 bits per heavy atom. The number of hydrogen-bond acceptors (Lipinski definition) is 0. The van der Waals surface area contributed by atoms with Crippen molar-refractivity contribution in [1.29, 1.82) is 0 Å². The van der Waals surface area contributed by atoms with Gasteiger partial charge in [0.25, 0.3) is 48.4 Å². The molecule has 1 heterocycles. The molecule has 0 atom stereocenters. The molecular weight excluding hydrogens is 1180 g/mol. The zero-order chi connectivity index (χ0) is 60.8. The standard InChI is InChI=1S/C84H60Si6/c1-13-37-73(38-14-1)85(74-39-15-2-16-40-74)61-63-86(75-41-17-3-18-42-75,76-43-19-4-20-44-76)65-67-88(79-49-25-7-26-50-79,80-51-27-8-28-52-80)69-71-90(83-57-33-11-34-58-83,84-59-35-12-36-60-84)72-70-89(81-53-29-9-30-54-81,82-55-31-10-32-56-82)68-66-87(64-62-85,77-45-21-5-22-46-77)78-47-23-6-24-48-78/h1-60H. The van der Waals surface area contributed by atoms with Crippen LogP contribution < -0.4 is 62.2 Å². The van der Waals surface area contributed by atoms with Gasteiger partial charge in [-0.15, -0.1) is 66.5 Å². The first-order valence-corrected chi connectivity index (χ1v) is 42.4. The Labute approximate surface area is 537 Å². The van der Waals surface area contributed by atoms with Crippen LogP contribution in [0, 0.1) is 66.5 Å². The Hall–Kier alpha value is -10.7. The molecule has 0 amide bonds. The molecule has 1 aliphatic heterocycles. The second-order valence-corrected chi connectivity index (χ2v) is 41.3. The third-order valence-corrected chi connectivity index (χ3v) is 39.0. The summed E-state index contributed by atoms with van der Waals surface area (Å²) in [6, 6.07) is 131. The van der Waals surface area contributed by atoms with Crippen LogP contribution in [-0.4, -0.2) is 48.4 Å². The van der Waals surface area contributed by atoms with Crippen molar-refractivity contribution < 1.29 is 0 Å². The van der Waals surface area contributed by atoms with Crippen LogP contribution in [0.4, 0.5) is 0 Å². The van der Waals surface area contributed by atoms with Gasteiger partial charge in [0.15, 0.2) is 0 Å². The molecule has 6 heteroatoms. The third kappa shape index (κ3) is 11.3. The van der Waals surface area contributed by atoms with Gasteiger partial charge in [0.1, 0.15) is 0 Å². The summed E-state index contributed by atoms with van der Waals surface area (Å²) in [5.74, 6) is 0. The van der Waals surface area contributed by atoms with Crippen molar-refractivity contribution in [3.63, 3.8) is 0 Å². The summed E-state index contributed by atoms with van der Waals surface area (Å²) in [6.07, 6.45) is 0. The normalized spacial score (nSPS) is 15.2. The number of benzene rings is 12. The fraction of sp³-hybridized carbons (Fsp3) is 0. The lowest BCUT2D eigenvalue weighted by molar-refractivity contribution is 1.71. The predicted octanol–water partition coefficient (Wildman–Crippen LogP) is 8.07. The van der Waals surface area contributed by atoms with Crippen LogP contribution in [0.25, 0.3) is 0 Å². The molecule has 0 unspecified atom stereocenters. The van der Waals surface area contributed by atoms with Gasteiger partial charge >= 0.3 is 0 Å². The molecule has 0 aliphatic carbocycles. The third-order valence-electron chi connectivity index (χ3n) is 17.1. The van der Waals surface area contributed by atoms with Crippen LogP contribution in [0.5, 0.6) is 0 Å². The van der Waals surface area contributed by atoms with Gasteiger partial charge in [-0.3, -0.25) is 0 Å². The highest BCUT2D eigenvalue weighted by Crippen LogP contribution is 2.17. The van der Waals surface area contributed by atoms with E-state index < -0.39 is 48.4 Å². The highest BCUT2D eigenvalue weighted by molar-refractivity contribution is 7.23. The van der Waals surface area contributed by atoms with Crippen molar-refractivity contribution in [2.75, 3.05) is 0 Å². The lowest BCUT2D eigenvalue weighted by Crippen LogP contribution is -2.63. The van der Waals surface area contributed by atoms with Crippen molar-refractivity contribution in [3.8, 4) is 66.5 Å². The molecule has 0 N–H and O–H groups in total. The lowest BCUT2D eigenvalue weighted by Gasteiger charge is -2.29. The maximum Gasteiger partial charge on any atom is 0.274 e. The van der Waals surface area contributed by atoms with Crippen LogP contribution in [-0.2, 0) is 0 Å². The van der Waals surface area contributed by atoms with Gasteiger partial charge in [0.05, 0.1) is 0 Å². The summed E-state index contributed by atoms with van der Waals surface area (Å²) in [7, 11) is -21.8. The minimum Gasteiger partial charge on any atom is -0.109 e. The lowest BCUT2D eigenvalue weighted by atomic mass is 10.4.